The molecular formula is C13H15ClF3NO. The number of hydrogen-bond donors (Lipinski definition) is 1. The summed E-state index contributed by atoms with van der Waals surface area (Å²) in [7, 11) is 1.64. The van der Waals surface area contributed by atoms with Gasteiger partial charge in [0.05, 0.1) is 6.61 Å². The molecule has 1 aromatic carbocycles. The highest BCUT2D eigenvalue weighted by molar-refractivity contribution is 6.30. The molecule has 0 fully saturated rings. The zero-order chi connectivity index (χ0) is 14.0. The number of benzene rings is 1. The third kappa shape index (κ3) is 3.54. The maximum Gasteiger partial charge on any atom is 0.389 e. The maximum atomic E-state index is 12.3. The molecule has 1 aromatic rings. The first kappa shape index (κ1) is 14.5. The molecule has 1 heterocycles. The van der Waals surface area contributed by atoms with Crippen molar-refractivity contribution in [3.05, 3.63) is 28.3 Å². The van der Waals surface area contributed by atoms with Gasteiger partial charge >= 0.3 is 6.18 Å². The normalized spacial score (nSPS) is 16.1. The van der Waals surface area contributed by atoms with Gasteiger partial charge in [-0.2, -0.15) is 13.2 Å². The molecule has 2 rings (SSSR count). The first-order valence-corrected chi connectivity index (χ1v) is 6.47. The molecule has 2 nitrogen and oxygen atoms in total. The van der Waals surface area contributed by atoms with Gasteiger partial charge in [0.15, 0.2) is 0 Å². The van der Waals surface area contributed by atoms with Gasteiger partial charge < -0.3 is 10.1 Å². The molecule has 106 valence electrons. The molecule has 19 heavy (non-hydrogen) atoms. The van der Waals surface area contributed by atoms with Crippen molar-refractivity contribution in [2.24, 2.45) is 0 Å². The Morgan fingerprint density at radius 3 is 2.79 bits per heavy atom. The second kappa shape index (κ2) is 5.59. The van der Waals surface area contributed by atoms with E-state index in [-0.39, 0.29) is 6.42 Å². The van der Waals surface area contributed by atoms with Gasteiger partial charge in [0.2, 0.25) is 0 Å². The Bertz CT molecular complexity index is 462. The summed E-state index contributed by atoms with van der Waals surface area (Å²) in [5.74, 6) is 0.686. The summed E-state index contributed by atoms with van der Waals surface area (Å²) in [6.07, 6.45) is -4.27. The molecule has 1 N–H and O–H groups in total. The highest BCUT2D eigenvalue weighted by Crippen LogP contribution is 2.38. The van der Waals surface area contributed by atoms with Gasteiger partial charge in [-0.3, -0.25) is 0 Å². The van der Waals surface area contributed by atoms with Gasteiger partial charge in [0, 0.05) is 29.5 Å². The third-order valence-corrected chi connectivity index (χ3v) is 3.44. The topological polar surface area (TPSA) is 21.3 Å². The lowest BCUT2D eigenvalue weighted by molar-refractivity contribution is -0.136. The van der Waals surface area contributed by atoms with E-state index in [4.69, 9.17) is 16.3 Å². The number of nitrogens with one attached hydrogen (secondary N) is 1. The molecule has 0 bridgehead atoms. The Labute approximate surface area is 114 Å². The highest BCUT2D eigenvalue weighted by Gasteiger charge is 2.30. The molecule has 1 aliphatic heterocycles. The minimum Gasteiger partial charge on any atom is -0.493 e. The molecule has 0 spiro atoms. The van der Waals surface area contributed by atoms with Crippen molar-refractivity contribution < 1.29 is 17.9 Å². The average molecular weight is 294 g/mol. The first-order valence-electron chi connectivity index (χ1n) is 6.10. The molecule has 1 atom stereocenters. The average Bonchev–Trinajstić information content (AvgIpc) is 2.75. The van der Waals surface area contributed by atoms with Crippen LogP contribution in [-0.4, -0.2) is 19.8 Å². The van der Waals surface area contributed by atoms with Crippen LogP contribution in [-0.2, 0) is 6.42 Å². The SMILES string of the molecule is CNC(CCC(F)(F)F)c1cc(Cl)cc2c1OCC2. The fourth-order valence-electron chi connectivity index (χ4n) is 2.32. The number of rotatable bonds is 4. The summed E-state index contributed by atoms with van der Waals surface area (Å²) in [4.78, 5) is 0. The molecule has 0 radical (unpaired) electrons. The molecule has 1 unspecified atom stereocenters. The number of alkyl halides is 3. The summed E-state index contributed by atoms with van der Waals surface area (Å²) < 4.78 is 42.5. The predicted octanol–water partition coefficient (Wildman–Crippen LogP) is 3.88. The molecule has 0 amide bonds. The van der Waals surface area contributed by atoms with Gasteiger partial charge in [-0.25, -0.2) is 0 Å². The van der Waals surface area contributed by atoms with Gasteiger partial charge in [0.25, 0.3) is 0 Å². The van der Waals surface area contributed by atoms with E-state index in [1.54, 1.807) is 13.1 Å². The van der Waals surface area contributed by atoms with Gasteiger partial charge in [-0.15, -0.1) is 0 Å². The minimum absolute atomic E-state index is 0.0316. The Morgan fingerprint density at radius 2 is 2.16 bits per heavy atom. The predicted molar refractivity (Wildman–Crippen MR) is 67.7 cm³/mol. The summed E-state index contributed by atoms with van der Waals surface area (Å²) in [6, 6.07) is 3.08. The molecule has 0 saturated heterocycles. The van der Waals surface area contributed by atoms with E-state index in [2.05, 4.69) is 5.32 Å². The van der Waals surface area contributed by atoms with Crippen LogP contribution >= 0.6 is 11.6 Å². The number of hydrogen-bond acceptors (Lipinski definition) is 2. The van der Waals surface area contributed by atoms with Crippen LogP contribution in [0.15, 0.2) is 12.1 Å². The van der Waals surface area contributed by atoms with Crippen LogP contribution < -0.4 is 10.1 Å². The summed E-state index contributed by atoms with van der Waals surface area (Å²) in [5.41, 5.74) is 1.68. The highest BCUT2D eigenvalue weighted by atomic mass is 35.5. The van der Waals surface area contributed by atoms with Gasteiger partial charge in [-0.1, -0.05) is 11.6 Å². The molecule has 0 aliphatic carbocycles. The van der Waals surface area contributed by atoms with E-state index < -0.39 is 18.6 Å². The van der Waals surface area contributed by atoms with Crippen LogP contribution in [0, 0.1) is 0 Å². The van der Waals surface area contributed by atoms with Gasteiger partial charge in [-0.05, 0) is 31.2 Å². The quantitative estimate of drug-likeness (QED) is 0.910. The lowest BCUT2D eigenvalue weighted by Gasteiger charge is -2.20. The minimum atomic E-state index is -4.16. The standard InChI is InChI=1S/C13H15ClF3NO/c1-18-11(2-4-13(15,16)17)10-7-9(14)6-8-3-5-19-12(8)10/h6-7,11,18H,2-5H2,1H3. The van der Waals surface area contributed by atoms with Crippen molar-refractivity contribution in [1.82, 2.24) is 5.32 Å². The van der Waals surface area contributed by atoms with Crippen molar-refractivity contribution in [3.8, 4) is 5.75 Å². The second-order valence-electron chi connectivity index (χ2n) is 4.58. The summed E-state index contributed by atoms with van der Waals surface area (Å²) in [6.45, 7) is 0.554. The van der Waals surface area contributed by atoms with E-state index in [9.17, 15) is 13.2 Å². The van der Waals surface area contributed by atoms with Crippen LogP contribution in [0.5, 0.6) is 5.75 Å². The monoisotopic (exact) mass is 293 g/mol. The molecule has 6 heteroatoms. The largest absolute Gasteiger partial charge is 0.493 e. The fraction of sp³-hybridized carbons (Fsp3) is 0.538. The van der Waals surface area contributed by atoms with Crippen LogP contribution in [0.4, 0.5) is 13.2 Å². The maximum absolute atomic E-state index is 12.3. The first-order chi connectivity index (χ1) is 8.90. The van der Waals surface area contributed by atoms with Crippen LogP contribution in [0.3, 0.4) is 0 Å². The number of ether oxygens (including phenoxy) is 1. The molecule has 0 aromatic heterocycles. The van der Waals surface area contributed by atoms with E-state index in [1.807, 2.05) is 6.07 Å². The number of halogens is 4. The smallest absolute Gasteiger partial charge is 0.389 e. The summed E-state index contributed by atoms with van der Waals surface area (Å²) >= 11 is 6.01. The van der Waals surface area contributed by atoms with E-state index in [0.717, 1.165) is 12.0 Å². The Balaban J connectivity index is 2.23. The lowest BCUT2D eigenvalue weighted by atomic mass is 9.98. The second-order valence-corrected chi connectivity index (χ2v) is 5.01. The van der Waals surface area contributed by atoms with Crippen LogP contribution in [0.25, 0.3) is 0 Å². The van der Waals surface area contributed by atoms with Crippen molar-refractivity contribution in [2.45, 2.75) is 31.5 Å². The van der Waals surface area contributed by atoms with Crippen molar-refractivity contribution in [3.63, 3.8) is 0 Å². The Kier molecular flexibility index (Phi) is 4.26. The molecular weight excluding hydrogens is 279 g/mol. The Morgan fingerprint density at radius 1 is 1.42 bits per heavy atom. The van der Waals surface area contributed by atoms with E-state index >= 15 is 0 Å². The van der Waals surface area contributed by atoms with Crippen LogP contribution in [0.2, 0.25) is 5.02 Å². The van der Waals surface area contributed by atoms with Crippen LogP contribution in [0.1, 0.15) is 30.0 Å². The van der Waals surface area contributed by atoms with Crippen molar-refractivity contribution >= 4 is 11.6 Å². The fourth-order valence-corrected chi connectivity index (χ4v) is 2.57. The van der Waals surface area contributed by atoms with Gasteiger partial charge in [0.1, 0.15) is 5.75 Å². The van der Waals surface area contributed by atoms with E-state index in [1.165, 1.54) is 0 Å². The molecule has 1 aliphatic rings. The van der Waals surface area contributed by atoms with Crippen molar-refractivity contribution in [2.75, 3.05) is 13.7 Å². The third-order valence-electron chi connectivity index (χ3n) is 3.22. The number of fused-ring (bicyclic) bond motifs is 1. The zero-order valence-corrected chi connectivity index (χ0v) is 11.2. The van der Waals surface area contributed by atoms with Crippen molar-refractivity contribution in [1.29, 1.82) is 0 Å². The zero-order valence-electron chi connectivity index (χ0n) is 10.5. The lowest BCUT2D eigenvalue weighted by Crippen LogP contribution is -2.20. The summed E-state index contributed by atoms with van der Waals surface area (Å²) in [5, 5.41) is 3.44. The van der Waals surface area contributed by atoms with E-state index in [0.29, 0.717) is 22.9 Å². The Hall–Kier alpha value is -0.940. The molecule has 0 saturated carbocycles.